The van der Waals surface area contributed by atoms with Crippen LogP contribution in [-0.2, 0) is 9.47 Å². The number of nitrogens with one attached hydrogen (secondary N) is 1. The molecular weight excluding hydrogens is 370 g/mol. The third-order valence-electron chi connectivity index (χ3n) is 4.48. The van der Waals surface area contributed by atoms with E-state index < -0.39 is 41.4 Å². The van der Waals surface area contributed by atoms with E-state index in [9.17, 15) is 19.5 Å². The number of aliphatic hydroxyl groups is 1. The molecule has 1 saturated heterocycles. The number of esters is 1. The fourth-order valence-electron chi connectivity index (χ4n) is 3.01. The lowest BCUT2D eigenvalue weighted by Crippen LogP contribution is -2.43. The number of nitrogens with zero attached hydrogens (tertiary/aromatic N) is 4. The quantitative estimate of drug-likeness (QED) is 0.338. The number of azide groups is 1. The molecule has 0 aliphatic carbocycles. The Balaban J connectivity index is 2.03. The summed E-state index contributed by atoms with van der Waals surface area (Å²) in [6, 6.07) is 9.11. The van der Waals surface area contributed by atoms with Crippen molar-refractivity contribution >= 4 is 5.97 Å². The Kier molecular flexibility index (Phi) is 5.32. The molecule has 0 radical (unpaired) electrons. The predicted molar refractivity (Wildman–Crippen MR) is 95.3 cm³/mol. The molecule has 1 aromatic heterocycles. The van der Waals surface area contributed by atoms with Crippen LogP contribution in [0.1, 0.15) is 29.9 Å². The first kappa shape index (κ1) is 19.4. The molecule has 2 heterocycles. The lowest BCUT2D eigenvalue weighted by atomic mass is 10.0. The third-order valence-corrected chi connectivity index (χ3v) is 4.48. The molecule has 0 bridgehead atoms. The summed E-state index contributed by atoms with van der Waals surface area (Å²) in [4.78, 5) is 40.8. The van der Waals surface area contributed by atoms with Gasteiger partial charge in [0, 0.05) is 17.2 Å². The van der Waals surface area contributed by atoms with E-state index in [2.05, 4.69) is 15.0 Å². The maximum absolute atomic E-state index is 12.5. The minimum atomic E-state index is -1.75. The first-order chi connectivity index (χ1) is 13.4. The topological polar surface area (TPSA) is 159 Å². The van der Waals surface area contributed by atoms with Crippen LogP contribution in [0, 0.1) is 0 Å². The average molecular weight is 387 g/mol. The van der Waals surface area contributed by atoms with Crippen LogP contribution < -0.4 is 11.2 Å². The van der Waals surface area contributed by atoms with Gasteiger partial charge < -0.3 is 14.6 Å². The second-order valence-corrected chi connectivity index (χ2v) is 6.09. The first-order valence-corrected chi connectivity index (χ1v) is 8.41. The van der Waals surface area contributed by atoms with Gasteiger partial charge in [0.15, 0.2) is 18.1 Å². The van der Waals surface area contributed by atoms with Crippen LogP contribution >= 0.6 is 0 Å². The molecule has 146 valence electrons. The van der Waals surface area contributed by atoms with Crippen LogP contribution in [0.4, 0.5) is 0 Å². The SMILES string of the molecule is CC[C@@]1(N=[N+]=[N-])O[C@@H](n2ccc(=O)[nH]c2=O)C(OC(=O)c2ccccc2)[C@@H]1O. The predicted octanol–water partition coefficient (Wildman–Crippen LogP) is 1.07. The average Bonchev–Trinajstić information content (AvgIpc) is 2.95. The molecule has 1 fully saturated rings. The first-order valence-electron chi connectivity index (χ1n) is 8.41. The van der Waals surface area contributed by atoms with E-state index in [1.807, 2.05) is 0 Å². The van der Waals surface area contributed by atoms with Gasteiger partial charge in [0.25, 0.3) is 5.56 Å². The molecule has 11 nitrogen and oxygen atoms in total. The van der Waals surface area contributed by atoms with Gasteiger partial charge in [0.2, 0.25) is 0 Å². The standard InChI is InChI=1S/C17H17N5O6/c1-2-17(20-21-18)13(24)12(27-15(25)10-6-4-3-5-7-10)14(28-17)22-9-8-11(23)19-16(22)26/h3-9,12-14,24H,2H2,1H3,(H,19,23,26)/t12?,13-,14+,17+/m0/s1. The highest BCUT2D eigenvalue weighted by Gasteiger charge is 2.56. The highest BCUT2D eigenvalue weighted by Crippen LogP contribution is 2.41. The molecule has 3 rings (SSSR count). The number of carbonyl (C=O) groups excluding carboxylic acids is 1. The Bertz CT molecular complexity index is 1030. The summed E-state index contributed by atoms with van der Waals surface area (Å²) in [6.45, 7) is 1.60. The van der Waals surface area contributed by atoms with Gasteiger partial charge in [-0.15, -0.1) is 0 Å². The Labute approximate surface area is 157 Å². The smallest absolute Gasteiger partial charge is 0.338 e. The Morgan fingerprint density at radius 1 is 1.39 bits per heavy atom. The molecule has 1 aliphatic rings. The van der Waals surface area contributed by atoms with Gasteiger partial charge in [-0.1, -0.05) is 30.2 Å². The number of hydrogen-bond donors (Lipinski definition) is 2. The Morgan fingerprint density at radius 3 is 2.71 bits per heavy atom. The van der Waals surface area contributed by atoms with Gasteiger partial charge in [0.05, 0.1) is 5.56 Å². The number of H-pyrrole nitrogens is 1. The summed E-state index contributed by atoms with van der Waals surface area (Å²) < 4.78 is 12.1. The van der Waals surface area contributed by atoms with Crippen molar-refractivity contribution in [1.29, 1.82) is 0 Å². The van der Waals surface area contributed by atoms with Gasteiger partial charge in [0.1, 0.15) is 6.10 Å². The molecule has 2 aromatic rings. The van der Waals surface area contributed by atoms with Crippen LogP contribution in [0.5, 0.6) is 0 Å². The monoisotopic (exact) mass is 387 g/mol. The van der Waals surface area contributed by atoms with Crippen molar-refractivity contribution in [1.82, 2.24) is 9.55 Å². The van der Waals surface area contributed by atoms with Crippen LogP contribution in [0.25, 0.3) is 10.4 Å². The van der Waals surface area contributed by atoms with Crippen molar-refractivity contribution in [2.24, 2.45) is 5.11 Å². The van der Waals surface area contributed by atoms with Crippen molar-refractivity contribution in [2.45, 2.75) is 37.5 Å². The zero-order chi connectivity index (χ0) is 20.3. The maximum atomic E-state index is 12.5. The molecule has 11 heteroatoms. The highest BCUT2D eigenvalue weighted by molar-refractivity contribution is 5.89. The second-order valence-electron chi connectivity index (χ2n) is 6.09. The number of hydrogen-bond acceptors (Lipinski definition) is 7. The van der Waals surface area contributed by atoms with E-state index in [0.29, 0.717) is 0 Å². The van der Waals surface area contributed by atoms with E-state index in [1.54, 1.807) is 25.1 Å². The van der Waals surface area contributed by atoms with E-state index in [0.717, 1.165) is 16.8 Å². The number of aromatic nitrogens is 2. The summed E-state index contributed by atoms with van der Waals surface area (Å²) in [7, 11) is 0. The molecule has 0 saturated carbocycles. The van der Waals surface area contributed by atoms with Gasteiger partial charge in [-0.3, -0.25) is 14.3 Å². The van der Waals surface area contributed by atoms with E-state index in [1.165, 1.54) is 12.1 Å². The maximum Gasteiger partial charge on any atom is 0.338 e. The molecule has 28 heavy (non-hydrogen) atoms. The molecule has 0 amide bonds. The Morgan fingerprint density at radius 2 is 2.11 bits per heavy atom. The van der Waals surface area contributed by atoms with E-state index >= 15 is 0 Å². The van der Waals surface area contributed by atoms with E-state index in [-0.39, 0.29) is 12.0 Å². The molecule has 1 aromatic carbocycles. The van der Waals surface area contributed by atoms with E-state index in [4.69, 9.17) is 15.0 Å². The van der Waals surface area contributed by atoms with Crippen molar-refractivity contribution in [3.63, 3.8) is 0 Å². The molecule has 0 spiro atoms. The number of aliphatic hydroxyl groups excluding tert-OH is 1. The van der Waals surface area contributed by atoms with Crippen molar-refractivity contribution in [3.05, 3.63) is 79.4 Å². The highest BCUT2D eigenvalue weighted by atomic mass is 16.6. The summed E-state index contributed by atoms with van der Waals surface area (Å²) in [6.07, 6.45) is -3.06. The van der Waals surface area contributed by atoms with Gasteiger partial charge in [-0.25, -0.2) is 9.59 Å². The lowest BCUT2D eigenvalue weighted by molar-refractivity contribution is -0.103. The summed E-state index contributed by atoms with van der Waals surface area (Å²) in [5.41, 5.74) is 5.88. The van der Waals surface area contributed by atoms with Crippen molar-refractivity contribution in [3.8, 4) is 0 Å². The van der Waals surface area contributed by atoms with Crippen LogP contribution in [0.3, 0.4) is 0 Å². The molecular formula is C17H17N5O6. The van der Waals surface area contributed by atoms with Gasteiger partial charge >= 0.3 is 11.7 Å². The normalized spacial score (nSPS) is 26.4. The lowest BCUT2D eigenvalue weighted by Gasteiger charge is -2.25. The second kappa shape index (κ2) is 7.69. The number of aromatic amines is 1. The summed E-state index contributed by atoms with van der Waals surface area (Å²) in [5, 5.41) is 14.3. The number of ether oxygens (including phenoxy) is 2. The minimum absolute atomic E-state index is 0.0478. The number of carbonyl (C=O) groups is 1. The van der Waals surface area contributed by atoms with Gasteiger partial charge in [-0.2, -0.15) is 0 Å². The van der Waals surface area contributed by atoms with Gasteiger partial charge in [-0.05, 0) is 24.1 Å². The zero-order valence-electron chi connectivity index (χ0n) is 14.8. The fourth-order valence-corrected chi connectivity index (χ4v) is 3.01. The largest absolute Gasteiger partial charge is 0.451 e. The molecule has 2 N–H and O–H groups in total. The molecule has 1 unspecified atom stereocenters. The molecule has 1 aliphatic heterocycles. The summed E-state index contributed by atoms with van der Waals surface area (Å²) >= 11 is 0. The third kappa shape index (κ3) is 3.41. The fraction of sp³-hybridized carbons (Fsp3) is 0.353. The number of rotatable bonds is 5. The molecule has 4 atom stereocenters. The summed E-state index contributed by atoms with van der Waals surface area (Å²) in [5.74, 6) is -0.761. The minimum Gasteiger partial charge on any atom is -0.451 e. The van der Waals surface area contributed by atoms with Crippen LogP contribution in [0.2, 0.25) is 0 Å². The van der Waals surface area contributed by atoms with Crippen LogP contribution in [-0.4, -0.2) is 38.6 Å². The van der Waals surface area contributed by atoms with Crippen LogP contribution in [0.15, 0.2) is 57.3 Å². The Hall–Kier alpha value is -3.40. The van der Waals surface area contributed by atoms with Crippen molar-refractivity contribution in [2.75, 3.05) is 0 Å². The van der Waals surface area contributed by atoms with Crippen molar-refractivity contribution < 1.29 is 19.4 Å². The zero-order valence-corrected chi connectivity index (χ0v) is 14.8. The number of benzene rings is 1.